The number of hydrogen-bond acceptors (Lipinski definition) is 4. The van der Waals surface area contributed by atoms with Crippen molar-refractivity contribution in [3.8, 4) is 11.8 Å². The number of ether oxygens (including phenoxy) is 1. The number of amides is 1. The van der Waals surface area contributed by atoms with E-state index in [-0.39, 0.29) is 25.0 Å². The van der Waals surface area contributed by atoms with Gasteiger partial charge in [0.05, 0.1) is 5.56 Å². The van der Waals surface area contributed by atoms with Gasteiger partial charge in [0.1, 0.15) is 11.8 Å². The molecule has 0 heterocycles. The van der Waals surface area contributed by atoms with Gasteiger partial charge in [0.25, 0.3) is 5.91 Å². The molecule has 0 spiro atoms. The van der Waals surface area contributed by atoms with Gasteiger partial charge in [0.15, 0.2) is 6.61 Å². The van der Waals surface area contributed by atoms with Crippen molar-refractivity contribution in [1.82, 2.24) is 5.32 Å². The Hall–Kier alpha value is -2.06. The van der Waals surface area contributed by atoms with E-state index in [1.165, 1.54) is 0 Å². The van der Waals surface area contributed by atoms with Crippen LogP contribution in [0.1, 0.15) is 31.7 Å². The van der Waals surface area contributed by atoms with Gasteiger partial charge in [-0.25, -0.2) is 0 Å². The van der Waals surface area contributed by atoms with E-state index in [2.05, 4.69) is 12.2 Å². The molecule has 2 N–H and O–H groups in total. The van der Waals surface area contributed by atoms with E-state index < -0.39 is 0 Å². The summed E-state index contributed by atoms with van der Waals surface area (Å²) in [5.74, 6) is 0.479. The third-order valence-electron chi connectivity index (χ3n) is 3.19. The fourth-order valence-electron chi connectivity index (χ4n) is 2.08. The molecule has 1 amide bonds. The lowest BCUT2D eigenvalue weighted by Gasteiger charge is -2.16. The van der Waals surface area contributed by atoms with Gasteiger partial charge in [-0.2, -0.15) is 5.26 Å². The summed E-state index contributed by atoms with van der Waals surface area (Å²) in [7, 11) is 0. The molecule has 5 heteroatoms. The normalized spacial score (nSPS) is 11.5. The number of carbonyl (C=O) groups excluding carboxylic acids is 1. The lowest BCUT2D eigenvalue weighted by atomic mass is 10.0. The van der Waals surface area contributed by atoms with Gasteiger partial charge in [-0.05, 0) is 30.9 Å². The smallest absolute Gasteiger partial charge is 0.257 e. The number of rotatable bonds is 9. The standard InChI is InChI=1S/C16H22N2O3/c1-2-5-13(8-9-19)11-18-16(20)12-21-15-7-4-3-6-14(15)10-17/h3-4,6-7,13,19H,2,5,8-9,11-12H2,1H3,(H,18,20)/t13-/m1/s1. The molecule has 0 aliphatic rings. The lowest BCUT2D eigenvalue weighted by molar-refractivity contribution is -0.123. The quantitative estimate of drug-likeness (QED) is 0.727. The number of nitrogens with one attached hydrogen (secondary N) is 1. The molecule has 0 aliphatic carbocycles. The third kappa shape index (κ3) is 6.28. The van der Waals surface area contributed by atoms with Gasteiger partial charge in [0, 0.05) is 13.2 Å². The number of hydrogen-bond donors (Lipinski definition) is 2. The number of benzene rings is 1. The van der Waals surface area contributed by atoms with Crippen LogP contribution in [0.3, 0.4) is 0 Å². The topological polar surface area (TPSA) is 82.3 Å². The van der Waals surface area contributed by atoms with E-state index in [0.29, 0.717) is 24.3 Å². The Morgan fingerprint density at radius 3 is 2.86 bits per heavy atom. The summed E-state index contributed by atoms with van der Waals surface area (Å²) < 4.78 is 5.36. The molecular weight excluding hydrogens is 268 g/mol. The average Bonchev–Trinajstić information content (AvgIpc) is 2.51. The van der Waals surface area contributed by atoms with Crippen molar-refractivity contribution >= 4 is 5.91 Å². The van der Waals surface area contributed by atoms with Crippen molar-refractivity contribution in [2.45, 2.75) is 26.2 Å². The average molecular weight is 290 g/mol. The minimum atomic E-state index is -0.221. The molecule has 21 heavy (non-hydrogen) atoms. The van der Waals surface area contributed by atoms with Crippen LogP contribution in [0, 0.1) is 17.2 Å². The first-order valence-electron chi connectivity index (χ1n) is 7.20. The van der Waals surface area contributed by atoms with Gasteiger partial charge in [0.2, 0.25) is 0 Å². The summed E-state index contributed by atoms with van der Waals surface area (Å²) in [6.07, 6.45) is 2.68. The highest BCUT2D eigenvalue weighted by atomic mass is 16.5. The number of nitrogens with zero attached hydrogens (tertiary/aromatic N) is 1. The molecule has 1 aromatic rings. The van der Waals surface area contributed by atoms with Crippen LogP contribution < -0.4 is 10.1 Å². The van der Waals surface area contributed by atoms with Crippen LogP contribution >= 0.6 is 0 Å². The molecule has 0 unspecified atom stereocenters. The summed E-state index contributed by atoms with van der Waals surface area (Å²) in [5, 5.41) is 20.7. The van der Waals surface area contributed by atoms with Gasteiger partial charge in [-0.3, -0.25) is 4.79 Å². The molecule has 0 radical (unpaired) electrons. The zero-order valence-corrected chi connectivity index (χ0v) is 12.3. The molecule has 0 saturated heterocycles. The van der Waals surface area contributed by atoms with Crippen molar-refractivity contribution in [2.24, 2.45) is 5.92 Å². The molecule has 1 aromatic carbocycles. The molecular formula is C16H22N2O3. The molecule has 114 valence electrons. The summed E-state index contributed by atoms with van der Waals surface area (Å²) in [5.41, 5.74) is 0.412. The Morgan fingerprint density at radius 1 is 1.43 bits per heavy atom. The second-order valence-electron chi connectivity index (χ2n) is 4.87. The Labute approximate surface area is 125 Å². The van der Waals surface area contributed by atoms with Crippen LogP contribution in [-0.2, 0) is 4.79 Å². The summed E-state index contributed by atoms with van der Waals surface area (Å²) in [4.78, 5) is 11.7. The molecule has 1 atom stereocenters. The lowest BCUT2D eigenvalue weighted by Crippen LogP contribution is -2.33. The molecule has 5 nitrogen and oxygen atoms in total. The third-order valence-corrected chi connectivity index (χ3v) is 3.19. The number of aliphatic hydroxyl groups excluding tert-OH is 1. The summed E-state index contributed by atoms with van der Waals surface area (Å²) in [6.45, 7) is 2.63. The highest BCUT2D eigenvalue weighted by Crippen LogP contribution is 2.16. The first-order valence-corrected chi connectivity index (χ1v) is 7.20. The van der Waals surface area contributed by atoms with Crippen molar-refractivity contribution in [2.75, 3.05) is 19.8 Å². The van der Waals surface area contributed by atoms with Gasteiger partial charge < -0.3 is 15.2 Å². The fraction of sp³-hybridized carbons (Fsp3) is 0.500. The minimum absolute atomic E-state index is 0.114. The maximum absolute atomic E-state index is 11.7. The van der Waals surface area contributed by atoms with Crippen LogP contribution in [0.25, 0.3) is 0 Å². The maximum atomic E-state index is 11.7. The Morgan fingerprint density at radius 2 is 2.19 bits per heavy atom. The summed E-state index contributed by atoms with van der Waals surface area (Å²) >= 11 is 0. The molecule has 0 aliphatic heterocycles. The zero-order valence-electron chi connectivity index (χ0n) is 12.3. The zero-order chi connectivity index (χ0) is 15.5. The first-order chi connectivity index (χ1) is 10.2. The van der Waals surface area contributed by atoms with Gasteiger partial charge in [-0.15, -0.1) is 0 Å². The van der Waals surface area contributed by atoms with E-state index >= 15 is 0 Å². The fourth-order valence-corrected chi connectivity index (χ4v) is 2.08. The number of carbonyl (C=O) groups is 1. The second kappa shape index (κ2) is 9.78. The van der Waals surface area contributed by atoms with Crippen LogP contribution in [0.4, 0.5) is 0 Å². The SMILES string of the molecule is CCC[C@H](CCO)CNC(=O)COc1ccccc1C#N. The van der Waals surface area contributed by atoms with E-state index in [4.69, 9.17) is 15.1 Å². The highest BCUT2D eigenvalue weighted by molar-refractivity contribution is 5.77. The van der Waals surface area contributed by atoms with Crippen molar-refractivity contribution in [1.29, 1.82) is 5.26 Å². The van der Waals surface area contributed by atoms with Crippen LogP contribution in [0.5, 0.6) is 5.75 Å². The maximum Gasteiger partial charge on any atom is 0.257 e. The van der Waals surface area contributed by atoms with Gasteiger partial charge in [-0.1, -0.05) is 25.5 Å². The number of para-hydroxylation sites is 1. The van der Waals surface area contributed by atoms with E-state index in [9.17, 15) is 4.79 Å². The number of aliphatic hydroxyl groups is 1. The van der Waals surface area contributed by atoms with Crippen LogP contribution in [0.2, 0.25) is 0 Å². The minimum Gasteiger partial charge on any atom is -0.482 e. The molecule has 0 aromatic heterocycles. The second-order valence-corrected chi connectivity index (χ2v) is 4.87. The Bertz CT molecular complexity index is 477. The Kier molecular flexibility index (Phi) is 7.92. The predicted octanol–water partition coefficient (Wildman–Crippen LogP) is 1.85. The first kappa shape index (κ1) is 17.0. The van der Waals surface area contributed by atoms with Crippen molar-refractivity contribution < 1.29 is 14.6 Å². The van der Waals surface area contributed by atoms with Crippen molar-refractivity contribution in [3.63, 3.8) is 0 Å². The largest absolute Gasteiger partial charge is 0.482 e. The van der Waals surface area contributed by atoms with E-state index in [1.807, 2.05) is 6.07 Å². The molecule has 0 bridgehead atoms. The molecule has 1 rings (SSSR count). The monoisotopic (exact) mass is 290 g/mol. The van der Waals surface area contributed by atoms with E-state index in [1.54, 1.807) is 24.3 Å². The summed E-state index contributed by atoms with van der Waals surface area (Å²) in [6, 6.07) is 8.83. The number of nitriles is 1. The van der Waals surface area contributed by atoms with Crippen molar-refractivity contribution in [3.05, 3.63) is 29.8 Å². The van der Waals surface area contributed by atoms with Gasteiger partial charge >= 0.3 is 0 Å². The Balaban J connectivity index is 2.38. The predicted molar refractivity (Wildman–Crippen MR) is 79.8 cm³/mol. The van der Waals surface area contributed by atoms with Crippen LogP contribution in [-0.4, -0.2) is 30.8 Å². The molecule has 0 fully saturated rings. The molecule has 0 saturated carbocycles. The van der Waals surface area contributed by atoms with E-state index in [0.717, 1.165) is 12.8 Å². The highest BCUT2D eigenvalue weighted by Gasteiger charge is 2.10. The van der Waals surface area contributed by atoms with Crippen LogP contribution in [0.15, 0.2) is 24.3 Å².